The van der Waals surface area contributed by atoms with E-state index in [1.54, 1.807) is 18.2 Å². The number of rotatable bonds is 3. The molecule has 0 radical (unpaired) electrons. The minimum absolute atomic E-state index is 0.0190. The van der Waals surface area contributed by atoms with E-state index in [4.69, 9.17) is 16.3 Å². The van der Waals surface area contributed by atoms with Gasteiger partial charge in [0.2, 0.25) is 0 Å². The van der Waals surface area contributed by atoms with Crippen LogP contribution in [0.2, 0.25) is 5.02 Å². The number of phenolic OH excluding ortho intramolecular Hbond substituents is 1. The lowest BCUT2D eigenvalue weighted by Crippen LogP contribution is -2.44. The van der Waals surface area contributed by atoms with Crippen LogP contribution >= 0.6 is 11.6 Å². The van der Waals surface area contributed by atoms with Crippen molar-refractivity contribution in [3.8, 4) is 17.0 Å². The summed E-state index contributed by atoms with van der Waals surface area (Å²) in [7, 11) is 0. The Bertz CT molecular complexity index is 670. The molecule has 1 aromatic heterocycles. The predicted molar refractivity (Wildman–Crippen MR) is 87.9 cm³/mol. The molecule has 7 heteroatoms. The highest BCUT2D eigenvalue weighted by molar-refractivity contribution is 6.33. The lowest BCUT2D eigenvalue weighted by molar-refractivity contribution is 0.00332. The maximum absolute atomic E-state index is 10.1. The topological polar surface area (TPSA) is 78.7 Å². The second-order valence-electron chi connectivity index (χ2n) is 5.54. The molecule has 1 atom stereocenters. The van der Waals surface area contributed by atoms with Gasteiger partial charge in [-0.3, -0.25) is 0 Å². The van der Waals surface area contributed by atoms with Crippen LogP contribution < -0.4 is 4.90 Å². The number of nitrogens with zero attached hydrogens (tertiary/aromatic N) is 3. The number of aromatic nitrogens is 2. The van der Waals surface area contributed by atoms with E-state index in [0.29, 0.717) is 41.8 Å². The summed E-state index contributed by atoms with van der Waals surface area (Å²) in [5.41, 5.74) is 1.87. The number of phenols is 1. The standard InChI is InChI=1S/C16H18ClN3O3/c1-10-6-12(17)16(14(22)7-10)13-2-3-15(19-18-13)20-4-5-23-11(8-20)9-21/h2-3,6-7,11,21-22H,4-5,8-9H2,1H3/t11-/m0/s1. The molecule has 3 rings (SSSR count). The van der Waals surface area contributed by atoms with Crippen molar-refractivity contribution in [2.45, 2.75) is 13.0 Å². The van der Waals surface area contributed by atoms with E-state index in [1.165, 1.54) is 0 Å². The fraction of sp³-hybridized carbons (Fsp3) is 0.375. The quantitative estimate of drug-likeness (QED) is 0.893. The maximum Gasteiger partial charge on any atom is 0.151 e. The first-order chi connectivity index (χ1) is 11.1. The van der Waals surface area contributed by atoms with Gasteiger partial charge in [0.15, 0.2) is 5.82 Å². The van der Waals surface area contributed by atoms with Gasteiger partial charge >= 0.3 is 0 Å². The zero-order valence-corrected chi connectivity index (χ0v) is 13.5. The first-order valence-corrected chi connectivity index (χ1v) is 7.77. The molecular formula is C16H18ClN3O3. The zero-order chi connectivity index (χ0) is 16.4. The van der Waals surface area contributed by atoms with Crippen LogP contribution in [0.3, 0.4) is 0 Å². The van der Waals surface area contributed by atoms with Gasteiger partial charge in [-0.15, -0.1) is 10.2 Å². The Morgan fingerprint density at radius 1 is 1.35 bits per heavy atom. The molecule has 2 N–H and O–H groups in total. The predicted octanol–water partition coefficient (Wildman–Crippen LogP) is 2.01. The van der Waals surface area contributed by atoms with Gasteiger partial charge in [-0.25, -0.2) is 0 Å². The van der Waals surface area contributed by atoms with E-state index in [2.05, 4.69) is 10.2 Å². The fourth-order valence-electron chi connectivity index (χ4n) is 2.64. The van der Waals surface area contributed by atoms with Crippen LogP contribution in [0, 0.1) is 6.92 Å². The van der Waals surface area contributed by atoms with Crippen molar-refractivity contribution in [3.05, 3.63) is 34.9 Å². The normalized spacial score (nSPS) is 18.2. The summed E-state index contributed by atoms with van der Waals surface area (Å²) in [5, 5.41) is 28.2. The minimum atomic E-state index is -0.208. The number of anilines is 1. The molecule has 1 aliphatic heterocycles. The molecule has 0 bridgehead atoms. The third kappa shape index (κ3) is 3.39. The number of aryl methyl sites for hydroxylation is 1. The monoisotopic (exact) mass is 335 g/mol. The van der Waals surface area contributed by atoms with Crippen molar-refractivity contribution in [3.63, 3.8) is 0 Å². The third-order valence-corrected chi connectivity index (χ3v) is 4.08. The summed E-state index contributed by atoms with van der Waals surface area (Å²) in [6, 6.07) is 7.03. The van der Waals surface area contributed by atoms with E-state index < -0.39 is 0 Å². The Labute approximate surface area is 139 Å². The number of morpholine rings is 1. The maximum atomic E-state index is 10.1. The fourth-order valence-corrected chi connectivity index (χ4v) is 3.01. The largest absolute Gasteiger partial charge is 0.507 e. The molecule has 1 saturated heterocycles. The smallest absolute Gasteiger partial charge is 0.151 e. The lowest BCUT2D eigenvalue weighted by atomic mass is 10.1. The van der Waals surface area contributed by atoms with Gasteiger partial charge in [0.1, 0.15) is 5.75 Å². The molecule has 0 saturated carbocycles. The average Bonchev–Trinajstić information content (AvgIpc) is 2.54. The first-order valence-electron chi connectivity index (χ1n) is 7.39. The van der Waals surface area contributed by atoms with Crippen molar-refractivity contribution in [2.24, 2.45) is 0 Å². The summed E-state index contributed by atoms with van der Waals surface area (Å²) < 4.78 is 5.42. The molecule has 0 spiro atoms. The highest BCUT2D eigenvalue weighted by Crippen LogP contribution is 2.35. The second-order valence-corrected chi connectivity index (χ2v) is 5.95. The number of aromatic hydroxyl groups is 1. The van der Waals surface area contributed by atoms with Crippen molar-refractivity contribution < 1.29 is 14.9 Å². The molecule has 0 aliphatic carbocycles. The molecule has 1 aromatic carbocycles. The molecule has 1 aliphatic rings. The van der Waals surface area contributed by atoms with Crippen LogP contribution in [0.25, 0.3) is 11.3 Å². The van der Waals surface area contributed by atoms with E-state index in [0.717, 1.165) is 5.56 Å². The van der Waals surface area contributed by atoms with E-state index in [-0.39, 0.29) is 18.5 Å². The van der Waals surface area contributed by atoms with Crippen molar-refractivity contribution >= 4 is 17.4 Å². The SMILES string of the molecule is Cc1cc(O)c(-c2ccc(N3CCO[C@H](CO)C3)nn2)c(Cl)c1. The number of aliphatic hydroxyl groups excluding tert-OH is 1. The van der Waals surface area contributed by atoms with Gasteiger partial charge < -0.3 is 19.8 Å². The summed E-state index contributed by atoms with van der Waals surface area (Å²) in [6.07, 6.45) is -0.208. The Morgan fingerprint density at radius 2 is 2.17 bits per heavy atom. The molecule has 1 fully saturated rings. The number of ether oxygens (including phenoxy) is 1. The number of halogens is 1. The third-order valence-electron chi connectivity index (χ3n) is 3.79. The van der Waals surface area contributed by atoms with Gasteiger partial charge in [-0.05, 0) is 36.8 Å². The van der Waals surface area contributed by atoms with Crippen LogP contribution in [0.4, 0.5) is 5.82 Å². The van der Waals surface area contributed by atoms with Gasteiger partial charge in [0.25, 0.3) is 0 Å². The van der Waals surface area contributed by atoms with Crippen LogP contribution in [0.15, 0.2) is 24.3 Å². The molecule has 6 nitrogen and oxygen atoms in total. The summed E-state index contributed by atoms with van der Waals surface area (Å²) in [5.74, 6) is 0.794. The summed E-state index contributed by atoms with van der Waals surface area (Å²) in [6.45, 7) is 3.65. The summed E-state index contributed by atoms with van der Waals surface area (Å²) >= 11 is 6.21. The van der Waals surface area contributed by atoms with Crippen LogP contribution in [0.5, 0.6) is 5.75 Å². The van der Waals surface area contributed by atoms with Gasteiger partial charge in [0, 0.05) is 13.1 Å². The zero-order valence-electron chi connectivity index (χ0n) is 12.7. The van der Waals surface area contributed by atoms with Gasteiger partial charge in [-0.2, -0.15) is 0 Å². The van der Waals surface area contributed by atoms with Crippen LogP contribution in [-0.4, -0.2) is 52.8 Å². The second kappa shape index (κ2) is 6.70. The Balaban J connectivity index is 1.85. The number of aliphatic hydroxyl groups is 1. The molecule has 0 amide bonds. The Hall–Kier alpha value is -1.89. The summed E-state index contributed by atoms with van der Waals surface area (Å²) in [4.78, 5) is 2.01. The Kier molecular flexibility index (Phi) is 4.66. The first kappa shape index (κ1) is 16.0. The van der Waals surface area contributed by atoms with Crippen molar-refractivity contribution in [1.82, 2.24) is 10.2 Å². The molecule has 122 valence electrons. The van der Waals surface area contributed by atoms with E-state index >= 15 is 0 Å². The average molecular weight is 336 g/mol. The van der Waals surface area contributed by atoms with E-state index in [1.807, 2.05) is 17.9 Å². The van der Waals surface area contributed by atoms with Crippen molar-refractivity contribution in [2.75, 3.05) is 31.2 Å². The highest BCUT2D eigenvalue weighted by atomic mass is 35.5. The number of benzene rings is 1. The molecule has 2 aromatic rings. The van der Waals surface area contributed by atoms with Crippen LogP contribution in [-0.2, 0) is 4.74 Å². The van der Waals surface area contributed by atoms with Gasteiger partial charge in [0.05, 0.1) is 35.6 Å². The number of hydrogen-bond donors (Lipinski definition) is 2. The molecule has 0 unspecified atom stereocenters. The van der Waals surface area contributed by atoms with Gasteiger partial charge in [-0.1, -0.05) is 11.6 Å². The molecule has 23 heavy (non-hydrogen) atoms. The molecule has 2 heterocycles. The van der Waals surface area contributed by atoms with Crippen LogP contribution in [0.1, 0.15) is 5.56 Å². The van der Waals surface area contributed by atoms with E-state index in [9.17, 15) is 10.2 Å². The lowest BCUT2D eigenvalue weighted by Gasteiger charge is -2.32. The highest BCUT2D eigenvalue weighted by Gasteiger charge is 2.21. The molecular weight excluding hydrogens is 318 g/mol. The Morgan fingerprint density at radius 3 is 2.83 bits per heavy atom. The van der Waals surface area contributed by atoms with Crippen molar-refractivity contribution in [1.29, 1.82) is 0 Å². The minimum Gasteiger partial charge on any atom is -0.507 e. The number of hydrogen-bond acceptors (Lipinski definition) is 6.